The predicted molar refractivity (Wildman–Crippen MR) is 113 cm³/mol. The number of carbonyl (C=O) groups is 2. The second-order valence-electron chi connectivity index (χ2n) is 7.42. The number of rotatable bonds is 6. The second-order valence-corrected chi connectivity index (χ2v) is 7.42. The molecule has 2 aromatic carbocycles. The number of hydrogen-bond acceptors (Lipinski definition) is 5. The Morgan fingerprint density at radius 1 is 1.28 bits per heavy atom. The van der Waals surface area contributed by atoms with Gasteiger partial charge >= 0.3 is 0 Å². The number of nitrogens with two attached hydrogens (primary N) is 1. The SMILES string of the molecule is Cc1cc(NC(=O)Cc2cc(C(=N)N)ccc2O)ccc1C(=O)C1CCCNC1. The molecular weight excluding hydrogens is 368 g/mol. The summed E-state index contributed by atoms with van der Waals surface area (Å²) in [6.45, 7) is 3.53. The van der Waals surface area contributed by atoms with Crippen molar-refractivity contribution in [3.8, 4) is 5.75 Å². The van der Waals surface area contributed by atoms with Gasteiger partial charge in [-0.1, -0.05) is 0 Å². The van der Waals surface area contributed by atoms with Crippen molar-refractivity contribution in [3.05, 3.63) is 58.7 Å². The number of anilines is 1. The second kappa shape index (κ2) is 8.87. The van der Waals surface area contributed by atoms with Gasteiger partial charge in [-0.15, -0.1) is 0 Å². The molecule has 1 aliphatic heterocycles. The molecule has 0 radical (unpaired) electrons. The monoisotopic (exact) mass is 394 g/mol. The fraction of sp³-hybridized carbons (Fsp3) is 0.318. The highest BCUT2D eigenvalue weighted by molar-refractivity contribution is 6.00. The van der Waals surface area contributed by atoms with Crippen LogP contribution < -0.4 is 16.4 Å². The lowest BCUT2D eigenvalue weighted by atomic mass is 9.89. The molecule has 0 saturated carbocycles. The Bertz CT molecular complexity index is 949. The molecule has 1 atom stereocenters. The minimum absolute atomic E-state index is 0.000538. The molecule has 2 aromatic rings. The number of amidine groups is 1. The Hall–Kier alpha value is -3.19. The fourth-order valence-electron chi connectivity index (χ4n) is 3.59. The van der Waals surface area contributed by atoms with E-state index in [1.165, 1.54) is 18.2 Å². The minimum atomic E-state index is -0.309. The molecule has 0 spiro atoms. The van der Waals surface area contributed by atoms with Crippen molar-refractivity contribution >= 4 is 23.2 Å². The zero-order chi connectivity index (χ0) is 21.0. The smallest absolute Gasteiger partial charge is 0.228 e. The molecule has 1 saturated heterocycles. The van der Waals surface area contributed by atoms with Gasteiger partial charge in [-0.2, -0.15) is 0 Å². The molecule has 7 heteroatoms. The van der Waals surface area contributed by atoms with Crippen LogP contribution in [0.2, 0.25) is 0 Å². The van der Waals surface area contributed by atoms with Crippen LogP contribution in [0.4, 0.5) is 5.69 Å². The van der Waals surface area contributed by atoms with Crippen LogP contribution in [-0.4, -0.2) is 35.7 Å². The first-order valence-electron chi connectivity index (χ1n) is 9.67. The summed E-state index contributed by atoms with van der Waals surface area (Å²) < 4.78 is 0. The zero-order valence-corrected chi connectivity index (χ0v) is 16.4. The maximum absolute atomic E-state index is 12.7. The van der Waals surface area contributed by atoms with E-state index in [2.05, 4.69) is 10.6 Å². The summed E-state index contributed by atoms with van der Waals surface area (Å²) in [5.41, 5.74) is 8.40. The van der Waals surface area contributed by atoms with E-state index in [1.807, 2.05) is 6.92 Å². The maximum Gasteiger partial charge on any atom is 0.228 e. The first-order valence-corrected chi connectivity index (χ1v) is 9.67. The molecule has 29 heavy (non-hydrogen) atoms. The first-order chi connectivity index (χ1) is 13.8. The highest BCUT2D eigenvalue weighted by Gasteiger charge is 2.23. The lowest BCUT2D eigenvalue weighted by molar-refractivity contribution is -0.115. The van der Waals surface area contributed by atoms with Gasteiger partial charge in [-0.3, -0.25) is 15.0 Å². The van der Waals surface area contributed by atoms with Crippen LogP contribution >= 0.6 is 0 Å². The van der Waals surface area contributed by atoms with Crippen molar-refractivity contribution < 1.29 is 14.7 Å². The summed E-state index contributed by atoms with van der Waals surface area (Å²) >= 11 is 0. The molecule has 152 valence electrons. The van der Waals surface area contributed by atoms with Crippen molar-refractivity contribution in [3.63, 3.8) is 0 Å². The van der Waals surface area contributed by atoms with E-state index in [0.717, 1.165) is 24.9 Å². The third-order valence-corrected chi connectivity index (χ3v) is 5.18. The van der Waals surface area contributed by atoms with E-state index in [1.54, 1.807) is 18.2 Å². The number of ketones is 1. The number of nitrogen functional groups attached to an aromatic ring is 1. The number of aromatic hydroxyl groups is 1. The van der Waals surface area contributed by atoms with Crippen LogP contribution in [0, 0.1) is 18.3 Å². The summed E-state index contributed by atoms with van der Waals surface area (Å²) in [5, 5.41) is 23.5. The molecule has 6 N–H and O–H groups in total. The number of carbonyl (C=O) groups excluding carboxylic acids is 2. The number of benzene rings is 2. The van der Waals surface area contributed by atoms with Crippen molar-refractivity contribution in [1.29, 1.82) is 5.41 Å². The molecule has 0 bridgehead atoms. The number of aryl methyl sites for hydroxylation is 1. The molecule has 1 fully saturated rings. The predicted octanol–water partition coefficient (Wildman–Crippen LogP) is 2.35. The van der Waals surface area contributed by atoms with Crippen molar-refractivity contribution in [2.24, 2.45) is 11.7 Å². The summed E-state index contributed by atoms with van der Waals surface area (Å²) in [6, 6.07) is 9.75. The molecule has 1 amide bonds. The standard InChI is InChI=1S/C22H26N4O3/c1-13-9-17(5-6-18(13)21(29)15-3-2-8-25-12-15)26-20(28)11-16-10-14(22(23)24)4-7-19(16)27/h4-7,9-10,15,25,27H,2-3,8,11-12H2,1H3,(H3,23,24)(H,26,28). The average Bonchev–Trinajstić information content (AvgIpc) is 2.69. The number of Topliss-reactive ketones (excluding diaryl/α,β-unsaturated/α-hetero) is 1. The number of piperidine rings is 1. The van der Waals surface area contributed by atoms with Gasteiger partial charge in [0.2, 0.25) is 5.91 Å². The van der Waals surface area contributed by atoms with E-state index < -0.39 is 0 Å². The largest absolute Gasteiger partial charge is 0.508 e. The van der Waals surface area contributed by atoms with Crippen LogP contribution in [0.15, 0.2) is 36.4 Å². The van der Waals surface area contributed by atoms with Gasteiger partial charge in [0.05, 0.1) is 6.42 Å². The molecule has 7 nitrogen and oxygen atoms in total. The summed E-state index contributed by atoms with van der Waals surface area (Å²) in [5.74, 6) is -0.326. The lowest BCUT2D eigenvalue weighted by Gasteiger charge is -2.22. The quantitative estimate of drug-likeness (QED) is 0.292. The summed E-state index contributed by atoms with van der Waals surface area (Å²) in [7, 11) is 0. The van der Waals surface area contributed by atoms with E-state index in [4.69, 9.17) is 11.1 Å². The van der Waals surface area contributed by atoms with E-state index >= 15 is 0 Å². The van der Waals surface area contributed by atoms with Gasteiger partial charge in [-0.25, -0.2) is 0 Å². The van der Waals surface area contributed by atoms with Gasteiger partial charge in [0, 0.05) is 34.8 Å². The Balaban J connectivity index is 1.68. The Morgan fingerprint density at radius 3 is 2.72 bits per heavy atom. The number of nitrogens with one attached hydrogen (secondary N) is 3. The van der Waals surface area contributed by atoms with Gasteiger partial charge < -0.3 is 21.5 Å². The third kappa shape index (κ3) is 5.00. The number of phenolic OH excluding ortho intramolecular Hbond substituents is 1. The first kappa shape index (κ1) is 20.5. The van der Waals surface area contributed by atoms with E-state index in [0.29, 0.717) is 28.9 Å². The topological polar surface area (TPSA) is 128 Å². The van der Waals surface area contributed by atoms with E-state index in [-0.39, 0.29) is 35.6 Å². The van der Waals surface area contributed by atoms with Gasteiger partial charge in [0.25, 0.3) is 0 Å². The molecular formula is C22H26N4O3. The number of phenols is 1. The normalized spacial score (nSPS) is 16.2. The average molecular weight is 394 g/mol. The van der Waals surface area contributed by atoms with Crippen LogP contribution in [0.25, 0.3) is 0 Å². The van der Waals surface area contributed by atoms with Crippen LogP contribution in [-0.2, 0) is 11.2 Å². The van der Waals surface area contributed by atoms with Gasteiger partial charge in [0.15, 0.2) is 5.78 Å². The number of hydrogen-bond donors (Lipinski definition) is 5. The van der Waals surface area contributed by atoms with Gasteiger partial charge in [-0.05, 0) is 68.3 Å². The highest BCUT2D eigenvalue weighted by Crippen LogP contribution is 2.23. The summed E-state index contributed by atoms with van der Waals surface area (Å²) in [6.07, 6.45) is 1.84. The Kier molecular flexibility index (Phi) is 6.29. The number of amides is 1. The molecule has 1 heterocycles. The maximum atomic E-state index is 12.7. The fourth-order valence-corrected chi connectivity index (χ4v) is 3.59. The molecule has 0 aromatic heterocycles. The zero-order valence-electron chi connectivity index (χ0n) is 16.4. The van der Waals surface area contributed by atoms with Crippen LogP contribution in [0.5, 0.6) is 5.75 Å². The van der Waals surface area contributed by atoms with Crippen LogP contribution in [0.3, 0.4) is 0 Å². The highest BCUT2D eigenvalue weighted by atomic mass is 16.3. The van der Waals surface area contributed by atoms with Crippen LogP contribution in [0.1, 0.15) is 39.9 Å². The lowest BCUT2D eigenvalue weighted by Crippen LogP contribution is -2.34. The summed E-state index contributed by atoms with van der Waals surface area (Å²) in [4.78, 5) is 25.1. The molecule has 3 rings (SSSR count). The molecule has 1 unspecified atom stereocenters. The van der Waals surface area contributed by atoms with Gasteiger partial charge in [0.1, 0.15) is 11.6 Å². The Labute approximate surface area is 169 Å². The van der Waals surface area contributed by atoms with Crippen molar-refractivity contribution in [2.45, 2.75) is 26.2 Å². The minimum Gasteiger partial charge on any atom is -0.508 e. The third-order valence-electron chi connectivity index (χ3n) is 5.18. The van der Waals surface area contributed by atoms with Crippen molar-refractivity contribution in [1.82, 2.24) is 5.32 Å². The van der Waals surface area contributed by atoms with Crippen molar-refractivity contribution in [2.75, 3.05) is 18.4 Å². The molecule has 1 aliphatic rings. The molecule has 0 aliphatic carbocycles. The van der Waals surface area contributed by atoms with E-state index in [9.17, 15) is 14.7 Å². The Morgan fingerprint density at radius 2 is 2.07 bits per heavy atom.